The Kier molecular flexibility index (Phi) is 6.88. The third kappa shape index (κ3) is 6.03. The van der Waals surface area contributed by atoms with Crippen molar-refractivity contribution in [3.8, 4) is 0 Å². The normalized spacial score (nSPS) is 14.7. The van der Waals surface area contributed by atoms with Crippen LogP contribution in [0, 0.1) is 5.92 Å². The highest BCUT2D eigenvalue weighted by Crippen LogP contribution is 2.30. The lowest BCUT2D eigenvalue weighted by Gasteiger charge is -2.32. The Morgan fingerprint density at radius 2 is 1.71 bits per heavy atom. The van der Waals surface area contributed by atoms with Crippen molar-refractivity contribution in [3.63, 3.8) is 0 Å². The third-order valence-corrected chi connectivity index (χ3v) is 5.03. The summed E-state index contributed by atoms with van der Waals surface area (Å²) in [6, 6.07) is 7.37. The van der Waals surface area contributed by atoms with Gasteiger partial charge >= 0.3 is 18.0 Å². The molecule has 0 radical (unpaired) electrons. The van der Waals surface area contributed by atoms with Gasteiger partial charge in [0, 0.05) is 43.3 Å². The van der Waals surface area contributed by atoms with Crippen molar-refractivity contribution in [2.24, 2.45) is 5.92 Å². The highest BCUT2D eigenvalue weighted by Gasteiger charge is 2.30. The van der Waals surface area contributed by atoms with Crippen LogP contribution < -0.4 is 10.6 Å². The Morgan fingerprint density at radius 3 is 2.35 bits per heavy atom. The largest absolute Gasteiger partial charge is 0.416 e. The number of amides is 3. The van der Waals surface area contributed by atoms with Gasteiger partial charge in [0.15, 0.2) is 0 Å². The molecular weight excluding hydrogens is 413 g/mol. The Hall–Kier alpha value is -3.43. The van der Waals surface area contributed by atoms with Crippen LogP contribution in [0.2, 0.25) is 0 Å². The molecular formula is C21H21F3N4O3. The number of benzene rings is 1. The van der Waals surface area contributed by atoms with Crippen LogP contribution in [-0.4, -0.2) is 47.2 Å². The molecule has 2 N–H and O–H groups in total. The molecule has 1 aliphatic heterocycles. The SMILES string of the molecule is O=C(NCC1CCN(C(=O)c2ccncc2)CC1)C(=O)Nc1cccc(C(F)(F)F)c1. The van der Waals surface area contributed by atoms with Crippen LogP contribution in [0.5, 0.6) is 0 Å². The molecule has 7 nitrogen and oxygen atoms in total. The predicted octanol–water partition coefficient (Wildman–Crippen LogP) is 2.71. The van der Waals surface area contributed by atoms with Gasteiger partial charge in [-0.15, -0.1) is 0 Å². The molecule has 0 atom stereocenters. The average molecular weight is 434 g/mol. The first-order chi connectivity index (χ1) is 14.7. The standard InChI is InChI=1S/C21H21F3N4O3/c22-21(23,24)16-2-1-3-17(12-16)27-19(30)18(29)26-13-14-6-10-28(11-7-14)20(31)15-4-8-25-9-5-15/h1-5,8-9,12,14H,6-7,10-11,13H2,(H,26,29)(H,27,30). The van der Waals surface area contributed by atoms with E-state index in [0.717, 1.165) is 18.2 Å². The van der Waals surface area contributed by atoms with E-state index in [4.69, 9.17) is 0 Å². The van der Waals surface area contributed by atoms with Gasteiger partial charge in [-0.3, -0.25) is 19.4 Å². The van der Waals surface area contributed by atoms with E-state index >= 15 is 0 Å². The van der Waals surface area contributed by atoms with E-state index in [-0.39, 0.29) is 24.1 Å². The first kappa shape index (κ1) is 22.3. The molecule has 0 aliphatic carbocycles. The van der Waals surface area contributed by atoms with E-state index in [9.17, 15) is 27.6 Å². The van der Waals surface area contributed by atoms with E-state index in [0.29, 0.717) is 31.5 Å². The molecule has 0 bridgehead atoms. The molecule has 1 saturated heterocycles. The molecule has 3 amide bonds. The number of nitrogens with one attached hydrogen (secondary N) is 2. The molecule has 2 heterocycles. The lowest BCUT2D eigenvalue weighted by molar-refractivity contribution is -0.137. The maximum Gasteiger partial charge on any atom is 0.416 e. The number of alkyl halides is 3. The van der Waals surface area contributed by atoms with Crippen LogP contribution in [-0.2, 0) is 15.8 Å². The van der Waals surface area contributed by atoms with E-state index < -0.39 is 23.6 Å². The number of anilines is 1. The number of carbonyl (C=O) groups excluding carboxylic acids is 3. The van der Waals surface area contributed by atoms with Crippen LogP contribution in [0.3, 0.4) is 0 Å². The lowest BCUT2D eigenvalue weighted by atomic mass is 9.96. The third-order valence-electron chi connectivity index (χ3n) is 5.03. The fourth-order valence-electron chi connectivity index (χ4n) is 3.30. The van der Waals surface area contributed by atoms with Crippen molar-refractivity contribution in [1.29, 1.82) is 0 Å². The van der Waals surface area contributed by atoms with Gasteiger partial charge in [-0.05, 0) is 49.1 Å². The number of halogens is 3. The van der Waals surface area contributed by atoms with Crippen molar-refractivity contribution >= 4 is 23.4 Å². The van der Waals surface area contributed by atoms with Gasteiger partial charge in [0.25, 0.3) is 5.91 Å². The molecule has 0 saturated carbocycles. The molecule has 31 heavy (non-hydrogen) atoms. The van der Waals surface area contributed by atoms with Gasteiger partial charge in [-0.2, -0.15) is 13.2 Å². The quantitative estimate of drug-likeness (QED) is 0.724. The van der Waals surface area contributed by atoms with Gasteiger partial charge in [0.2, 0.25) is 0 Å². The molecule has 1 fully saturated rings. The summed E-state index contributed by atoms with van der Waals surface area (Å²) in [5.41, 5.74) is -0.468. The molecule has 0 unspecified atom stereocenters. The summed E-state index contributed by atoms with van der Waals surface area (Å²) in [4.78, 5) is 42.0. The first-order valence-electron chi connectivity index (χ1n) is 9.70. The van der Waals surface area contributed by atoms with Crippen LogP contribution in [0.4, 0.5) is 18.9 Å². The number of pyridine rings is 1. The van der Waals surface area contributed by atoms with E-state index in [1.165, 1.54) is 6.07 Å². The maximum absolute atomic E-state index is 12.7. The first-order valence-corrected chi connectivity index (χ1v) is 9.70. The average Bonchev–Trinajstić information content (AvgIpc) is 2.77. The van der Waals surface area contributed by atoms with Crippen molar-refractivity contribution in [1.82, 2.24) is 15.2 Å². The molecule has 0 spiro atoms. The number of likely N-dealkylation sites (tertiary alicyclic amines) is 1. The number of nitrogens with zero attached hydrogens (tertiary/aromatic N) is 2. The van der Waals surface area contributed by atoms with Gasteiger partial charge in [-0.1, -0.05) is 6.07 Å². The highest BCUT2D eigenvalue weighted by molar-refractivity contribution is 6.39. The zero-order valence-corrected chi connectivity index (χ0v) is 16.5. The molecule has 2 aromatic rings. The second kappa shape index (κ2) is 9.59. The molecule has 1 aromatic heterocycles. The topological polar surface area (TPSA) is 91.4 Å². The zero-order chi connectivity index (χ0) is 22.4. The van der Waals surface area contributed by atoms with Gasteiger partial charge < -0.3 is 15.5 Å². The Morgan fingerprint density at radius 1 is 1.03 bits per heavy atom. The Bertz CT molecular complexity index is 942. The summed E-state index contributed by atoms with van der Waals surface area (Å²) in [7, 11) is 0. The van der Waals surface area contributed by atoms with Crippen molar-refractivity contribution < 1.29 is 27.6 Å². The van der Waals surface area contributed by atoms with Crippen LogP contribution in [0.1, 0.15) is 28.8 Å². The number of hydrogen-bond acceptors (Lipinski definition) is 4. The number of aromatic nitrogens is 1. The number of rotatable bonds is 4. The molecule has 1 aliphatic rings. The van der Waals surface area contributed by atoms with Crippen LogP contribution in [0.15, 0.2) is 48.8 Å². The predicted molar refractivity (Wildman–Crippen MR) is 106 cm³/mol. The lowest BCUT2D eigenvalue weighted by Crippen LogP contribution is -2.43. The molecule has 3 rings (SSSR count). The van der Waals surface area contributed by atoms with Gasteiger partial charge in [0.05, 0.1) is 5.56 Å². The smallest absolute Gasteiger partial charge is 0.348 e. The second-order valence-electron chi connectivity index (χ2n) is 7.21. The summed E-state index contributed by atoms with van der Waals surface area (Å²) < 4.78 is 38.2. The van der Waals surface area contributed by atoms with Crippen molar-refractivity contribution in [3.05, 3.63) is 59.9 Å². The maximum atomic E-state index is 12.7. The number of hydrogen-bond donors (Lipinski definition) is 2. The van der Waals surface area contributed by atoms with Crippen LogP contribution in [0.25, 0.3) is 0 Å². The Balaban J connectivity index is 1.44. The number of carbonyl (C=O) groups is 3. The highest BCUT2D eigenvalue weighted by atomic mass is 19.4. The number of piperidine rings is 1. The Labute approximate surface area is 176 Å². The summed E-state index contributed by atoms with van der Waals surface area (Å²) in [5, 5.41) is 4.68. The minimum absolute atomic E-state index is 0.0784. The van der Waals surface area contributed by atoms with Gasteiger partial charge in [-0.25, -0.2) is 0 Å². The minimum Gasteiger partial charge on any atom is -0.348 e. The fourth-order valence-corrected chi connectivity index (χ4v) is 3.30. The minimum atomic E-state index is -4.54. The molecule has 164 valence electrons. The monoisotopic (exact) mass is 434 g/mol. The second-order valence-corrected chi connectivity index (χ2v) is 7.21. The van der Waals surface area contributed by atoms with Gasteiger partial charge in [0.1, 0.15) is 0 Å². The van der Waals surface area contributed by atoms with E-state index in [1.807, 2.05) is 0 Å². The molecule has 1 aromatic carbocycles. The molecule has 10 heteroatoms. The summed E-state index contributed by atoms with van der Waals surface area (Å²) in [5.74, 6) is -1.95. The van der Waals surface area contributed by atoms with E-state index in [1.54, 1.807) is 29.4 Å². The van der Waals surface area contributed by atoms with E-state index in [2.05, 4.69) is 15.6 Å². The summed E-state index contributed by atoms with van der Waals surface area (Å²) in [6.07, 6.45) is -0.116. The zero-order valence-electron chi connectivity index (χ0n) is 16.5. The van der Waals surface area contributed by atoms with Crippen molar-refractivity contribution in [2.45, 2.75) is 19.0 Å². The summed E-state index contributed by atoms with van der Waals surface area (Å²) >= 11 is 0. The van der Waals surface area contributed by atoms with Crippen molar-refractivity contribution in [2.75, 3.05) is 25.0 Å². The van der Waals surface area contributed by atoms with Crippen LogP contribution >= 0.6 is 0 Å². The fraction of sp³-hybridized carbons (Fsp3) is 0.333. The summed E-state index contributed by atoms with van der Waals surface area (Å²) in [6.45, 7) is 1.29.